The quantitative estimate of drug-likeness (QED) is 0.723. The molecule has 2 aromatic carbocycles. The molecular formula is C22H18N4O2. The molecule has 0 fully saturated rings. The summed E-state index contributed by atoms with van der Waals surface area (Å²) < 4.78 is 0. The van der Waals surface area contributed by atoms with E-state index < -0.39 is 5.91 Å². The van der Waals surface area contributed by atoms with Crippen molar-refractivity contribution in [3.63, 3.8) is 0 Å². The predicted octanol–water partition coefficient (Wildman–Crippen LogP) is 4.07. The Labute approximate surface area is 162 Å². The van der Waals surface area contributed by atoms with Gasteiger partial charge in [0.15, 0.2) is 0 Å². The Morgan fingerprint density at radius 2 is 1.54 bits per heavy atom. The Morgan fingerprint density at radius 3 is 2.18 bits per heavy atom. The van der Waals surface area contributed by atoms with Crippen molar-refractivity contribution >= 4 is 23.2 Å². The number of anilines is 2. The summed E-state index contributed by atoms with van der Waals surface area (Å²) in [4.78, 5) is 29.1. The number of hydrogen-bond acceptors (Lipinski definition) is 4. The van der Waals surface area contributed by atoms with Gasteiger partial charge < -0.3 is 10.6 Å². The first-order valence-corrected chi connectivity index (χ1v) is 8.63. The van der Waals surface area contributed by atoms with E-state index in [9.17, 15) is 9.59 Å². The van der Waals surface area contributed by atoms with E-state index in [0.29, 0.717) is 16.9 Å². The van der Waals surface area contributed by atoms with Gasteiger partial charge in [0.1, 0.15) is 11.4 Å². The molecule has 0 aliphatic rings. The molecule has 1 aromatic heterocycles. The highest BCUT2D eigenvalue weighted by Gasteiger charge is 2.14. The van der Waals surface area contributed by atoms with Crippen LogP contribution in [0.25, 0.3) is 0 Å². The van der Waals surface area contributed by atoms with Gasteiger partial charge in [-0.15, -0.1) is 0 Å². The molecule has 3 aromatic rings. The van der Waals surface area contributed by atoms with Crippen LogP contribution in [-0.2, 0) is 0 Å². The fourth-order valence-electron chi connectivity index (χ4n) is 2.57. The van der Waals surface area contributed by atoms with Gasteiger partial charge in [0.2, 0.25) is 0 Å². The smallest absolute Gasteiger partial charge is 0.274 e. The van der Waals surface area contributed by atoms with Gasteiger partial charge in [-0.2, -0.15) is 5.26 Å². The molecule has 6 nitrogen and oxygen atoms in total. The molecule has 3 rings (SSSR count). The number of aryl methyl sites for hydroxylation is 2. The maximum atomic E-state index is 12.5. The molecule has 0 saturated carbocycles. The van der Waals surface area contributed by atoms with Crippen LogP contribution >= 0.6 is 0 Å². The standard InChI is InChI=1S/C22H18N4O2/c1-14-6-7-15(2)20(12-14)26-22(28)19-5-3-4-18(25-19)21(27)24-17-10-8-16(13-23)9-11-17/h3-12H,1-2H3,(H,24,27)(H,26,28). The van der Waals surface area contributed by atoms with Crippen molar-refractivity contribution in [2.45, 2.75) is 13.8 Å². The van der Waals surface area contributed by atoms with Crippen LogP contribution in [0.15, 0.2) is 60.7 Å². The average molecular weight is 370 g/mol. The molecular weight excluding hydrogens is 352 g/mol. The van der Waals surface area contributed by atoms with Gasteiger partial charge in [0.25, 0.3) is 11.8 Å². The zero-order valence-corrected chi connectivity index (χ0v) is 15.5. The largest absolute Gasteiger partial charge is 0.321 e. The number of aromatic nitrogens is 1. The molecule has 0 saturated heterocycles. The topological polar surface area (TPSA) is 94.9 Å². The summed E-state index contributed by atoms with van der Waals surface area (Å²) >= 11 is 0. The molecule has 0 spiro atoms. The van der Waals surface area contributed by atoms with Crippen LogP contribution in [0.5, 0.6) is 0 Å². The molecule has 28 heavy (non-hydrogen) atoms. The highest BCUT2D eigenvalue weighted by molar-refractivity contribution is 6.06. The molecule has 1 heterocycles. The van der Waals surface area contributed by atoms with Gasteiger partial charge in [0, 0.05) is 11.4 Å². The maximum absolute atomic E-state index is 12.5. The van der Waals surface area contributed by atoms with E-state index in [-0.39, 0.29) is 17.3 Å². The first-order valence-electron chi connectivity index (χ1n) is 8.63. The molecule has 2 N–H and O–H groups in total. The minimum absolute atomic E-state index is 0.123. The second-order valence-corrected chi connectivity index (χ2v) is 6.32. The van der Waals surface area contributed by atoms with E-state index in [0.717, 1.165) is 11.1 Å². The molecule has 0 atom stereocenters. The highest BCUT2D eigenvalue weighted by atomic mass is 16.2. The van der Waals surface area contributed by atoms with Gasteiger partial charge in [-0.1, -0.05) is 18.2 Å². The minimum Gasteiger partial charge on any atom is -0.321 e. The summed E-state index contributed by atoms with van der Waals surface area (Å²) in [5.41, 5.74) is 3.99. The minimum atomic E-state index is -0.439. The van der Waals surface area contributed by atoms with Crippen molar-refractivity contribution in [1.29, 1.82) is 5.26 Å². The number of carbonyl (C=O) groups is 2. The lowest BCUT2D eigenvalue weighted by Crippen LogP contribution is -2.18. The van der Waals surface area contributed by atoms with Crippen LogP contribution in [0.1, 0.15) is 37.7 Å². The van der Waals surface area contributed by atoms with Crippen molar-refractivity contribution in [2.75, 3.05) is 10.6 Å². The third-order valence-corrected chi connectivity index (χ3v) is 4.13. The van der Waals surface area contributed by atoms with Crippen LogP contribution in [-0.4, -0.2) is 16.8 Å². The summed E-state index contributed by atoms with van der Waals surface area (Å²) in [6.07, 6.45) is 0. The summed E-state index contributed by atoms with van der Waals surface area (Å²) in [6, 6.07) is 19.0. The number of rotatable bonds is 4. The lowest BCUT2D eigenvalue weighted by molar-refractivity contribution is 0.101. The fourth-order valence-corrected chi connectivity index (χ4v) is 2.57. The van der Waals surface area contributed by atoms with Crippen molar-refractivity contribution in [2.24, 2.45) is 0 Å². The third-order valence-electron chi connectivity index (χ3n) is 4.13. The van der Waals surface area contributed by atoms with E-state index in [4.69, 9.17) is 5.26 Å². The highest BCUT2D eigenvalue weighted by Crippen LogP contribution is 2.17. The molecule has 0 aliphatic heterocycles. The van der Waals surface area contributed by atoms with Gasteiger partial charge in [-0.25, -0.2) is 4.98 Å². The van der Waals surface area contributed by atoms with Crippen LogP contribution in [0, 0.1) is 25.2 Å². The zero-order chi connectivity index (χ0) is 20.1. The number of pyridine rings is 1. The van der Waals surface area contributed by atoms with Crippen LogP contribution in [0.3, 0.4) is 0 Å². The Hall–Kier alpha value is -3.98. The Balaban J connectivity index is 1.75. The number of hydrogen-bond donors (Lipinski definition) is 2. The SMILES string of the molecule is Cc1ccc(C)c(NC(=O)c2cccc(C(=O)Nc3ccc(C#N)cc3)n2)c1. The number of amides is 2. The van der Waals surface area contributed by atoms with E-state index in [1.807, 2.05) is 38.1 Å². The van der Waals surface area contributed by atoms with E-state index in [1.165, 1.54) is 6.07 Å². The summed E-state index contributed by atoms with van der Waals surface area (Å²) in [7, 11) is 0. The second kappa shape index (κ2) is 8.14. The third kappa shape index (κ3) is 4.40. The van der Waals surface area contributed by atoms with Crippen molar-refractivity contribution in [1.82, 2.24) is 4.98 Å². The van der Waals surface area contributed by atoms with E-state index >= 15 is 0 Å². The summed E-state index contributed by atoms with van der Waals surface area (Å²) in [5, 5.41) is 14.4. The fraction of sp³-hybridized carbons (Fsp3) is 0.0909. The van der Waals surface area contributed by atoms with Gasteiger partial charge >= 0.3 is 0 Å². The Morgan fingerprint density at radius 1 is 0.893 bits per heavy atom. The van der Waals surface area contributed by atoms with Crippen LogP contribution < -0.4 is 10.6 Å². The number of benzene rings is 2. The lowest BCUT2D eigenvalue weighted by Gasteiger charge is -2.10. The Kier molecular flexibility index (Phi) is 5.47. The normalized spacial score (nSPS) is 10.0. The van der Waals surface area contributed by atoms with Gasteiger partial charge in [0.05, 0.1) is 11.6 Å². The summed E-state index contributed by atoms with van der Waals surface area (Å²) in [6.45, 7) is 3.85. The van der Waals surface area contributed by atoms with E-state index in [2.05, 4.69) is 15.6 Å². The van der Waals surface area contributed by atoms with Crippen molar-refractivity contribution in [3.8, 4) is 6.07 Å². The van der Waals surface area contributed by atoms with E-state index in [1.54, 1.807) is 36.4 Å². The van der Waals surface area contributed by atoms with Crippen LogP contribution in [0.2, 0.25) is 0 Å². The summed E-state index contributed by atoms with van der Waals surface area (Å²) in [5.74, 6) is -0.826. The first-order chi connectivity index (χ1) is 13.5. The monoisotopic (exact) mass is 370 g/mol. The molecule has 0 unspecified atom stereocenters. The lowest BCUT2D eigenvalue weighted by atomic mass is 10.1. The zero-order valence-electron chi connectivity index (χ0n) is 15.5. The van der Waals surface area contributed by atoms with Gasteiger partial charge in [-0.3, -0.25) is 9.59 Å². The number of nitrogens with zero attached hydrogens (tertiary/aromatic N) is 2. The van der Waals surface area contributed by atoms with Crippen molar-refractivity contribution < 1.29 is 9.59 Å². The molecule has 0 radical (unpaired) electrons. The number of nitriles is 1. The average Bonchev–Trinajstić information content (AvgIpc) is 2.71. The Bertz CT molecular complexity index is 1080. The molecule has 138 valence electrons. The molecule has 0 bridgehead atoms. The molecule has 0 aliphatic carbocycles. The number of carbonyl (C=O) groups excluding carboxylic acids is 2. The van der Waals surface area contributed by atoms with Crippen molar-refractivity contribution in [3.05, 3.63) is 88.7 Å². The maximum Gasteiger partial charge on any atom is 0.274 e. The predicted molar refractivity (Wildman–Crippen MR) is 107 cm³/mol. The molecule has 2 amide bonds. The number of nitrogens with one attached hydrogen (secondary N) is 2. The molecule has 6 heteroatoms. The second-order valence-electron chi connectivity index (χ2n) is 6.32. The van der Waals surface area contributed by atoms with Crippen LogP contribution in [0.4, 0.5) is 11.4 Å². The first kappa shape index (κ1) is 18.8. The van der Waals surface area contributed by atoms with Gasteiger partial charge in [-0.05, 0) is 67.4 Å².